The summed E-state index contributed by atoms with van der Waals surface area (Å²) >= 11 is 9.21. The lowest BCUT2D eigenvalue weighted by Gasteiger charge is -2.23. The smallest absolute Gasteiger partial charge is 0.243 e. The van der Waals surface area contributed by atoms with Gasteiger partial charge in [0.1, 0.15) is 12.3 Å². The number of carbonyl (C=O) groups excluding carboxylic acids is 6. The number of carbonyl (C=O) groups is 6. The normalized spacial score (nSPS) is 12.4. The molecule has 16 heteroatoms. The van der Waals surface area contributed by atoms with Gasteiger partial charge in [-0.3, -0.25) is 24.0 Å². The molecular weight excluding hydrogens is 734 g/mol. The van der Waals surface area contributed by atoms with Gasteiger partial charge in [-0.1, -0.05) is 47.8 Å². The molecule has 0 aliphatic carbocycles. The molecular formula is C25H46Br3N7O6. The van der Waals surface area contributed by atoms with Crippen LogP contribution in [0.5, 0.6) is 0 Å². The second-order valence-electron chi connectivity index (χ2n) is 8.86. The first kappa shape index (κ1) is 41.5. The molecule has 0 heterocycles. The molecule has 0 radical (unpaired) electrons. The number of hydrogen-bond acceptors (Lipinski definition) is 8. The second-order valence-corrected chi connectivity index (χ2v) is 10.5. The van der Waals surface area contributed by atoms with Crippen LogP contribution in [0.2, 0.25) is 0 Å². The number of halogens is 3. The SMILES string of the molecule is CN.NC(CCCCNC(=O)CBr)C(=O)NC(CCCCNC(=O)CBr)C(=O)NC(C=O)CCCCNC(=O)CBr. The molecule has 3 unspecified atom stereocenters. The summed E-state index contributed by atoms with van der Waals surface area (Å²) in [7, 11) is 1.50. The highest BCUT2D eigenvalue weighted by Gasteiger charge is 2.25. The van der Waals surface area contributed by atoms with Crippen LogP contribution in [0.1, 0.15) is 57.8 Å². The molecule has 0 fully saturated rings. The lowest BCUT2D eigenvalue weighted by atomic mass is 10.0. The summed E-state index contributed by atoms with van der Waals surface area (Å²) in [6.07, 6.45) is 5.40. The summed E-state index contributed by atoms with van der Waals surface area (Å²) in [5.74, 6) is -1.34. The Morgan fingerprint density at radius 3 is 1.46 bits per heavy atom. The van der Waals surface area contributed by atoms with Gasteiger partial charge < -0.3 is 42.8 Å². The van der Waals surface area contributed by atoms with E-state index in [1.807, 2.05) is 0 Å². The number of rotatable bonds is 23. The van der Waals surface area contributed by atoms with Gasteiger partial charge in [-0.2, -0.15) is 0 Å². The van der Waals surface area contributed by atoms with Crippen LogP contribution in [0.4, 0.5) is 0 Å². The molecule has 0 aromatic carbocycles. The van der Waals surface area contributed by atoms with Crippen molar-refractivity contribution in [3.63, 3.8) is 0 Å². The molecule has 41 heavy (non-hydrogen) atoms. The van der Waals surface area contributed by atoms with Crippen molar-refractivity contribution in [2.75, 3.05) is 42.7 Å². The highest BCUT2D eigenvalue weighted by Crippen LogP contribution is 2.06. The molecule has 5 amide bonds. The van der Waals surface area contributed by atoms with E-state index in [0.717, 1.165) is 0 Å². The van der Waals surface area contributed by atoms with Gasteiger partial charge in [0, 0.05) is 19.6 Å². The van der Waals surface area contributed by atoms with E-state index in [1.54, 1.807) is 0 Å². The Morgan fingerprint density at radius 1 is 0.634 bits per heavy atom. The van der Waals surface area contributed by atoms with Gasteiger partial charge in [0.05, 0.1) is 28.1 Å². The number of aldehydes is 1. The quantitative estimate of drug-likeness (QED) is 0.0428. The summed E-state index contributed by atoms with van der Waals surface area (Å²) in [6, 6.07) is -2.46. The van der Waals surface area contributed by atoms with Gasteiger partial charge >= 0.3 is 0 Å². The Balaban J connectivity index is 0. The van der Waals surface area contributed by atoms with Crippen molar-refractivity contribution in [3.05, 3.63) is 0 Å². The lowest BCUT2D eigenvalue weighted by Crippen LogP contribution is -2.53. The molecule has 0 rings (SSSR count). The molecule has 0 saturated heterocycles. The van der Waals surface area contributed by atoms with E-state index in [4.69, 9.17) is 5.73 Å². The fourth-order valence-corrected chi connectivity index (χ4v) is 4.01. The van der Waals surface area contributed by atoms with E-state index >= 15 is 0 Å². The third kappa shape index (κ3) is 23.6. The number of amides is 5. The molecule has 0 aliphatic rings. The summed E-state index contributed by atoms with van der Waals surface area (Å²) < 4.78 is 0. The molecule has 0 saturated carbocycles. The zero-order valence-electron chi connectivity index (χ0n) is 23.7. The minimum atomic E-state index is -0.894. The Labute approximate surface area is 268 Å². The maximum atomic E-state index is 13.0. The van der Waals surface area contributed by atoms with Crippen molar-refractivity contribution in [1.82, 2.24) is 26.6 Å². The molecule has 0 aromatic heterocycles. The van der Waals surface area contributed by atoms with Crippen molar-refractivity contribution < 1.29 is 28.8 Å². The van der Waals surface area contributed by atoms with Crippen LogP contribution >= 0.6 is 47.8 Å². The first-order valence-corrected chi connectivity index (χ1v) is 16.9. The van der Waals surface area contributed by atoms with Crippen LogP contribution in [0.15, 0.2) is 0 Å². The number of hydrogen-bond donors (Lipinski definition) is 7. The van der Waals surface area contributed by atoms with Gasteiger partial charge in [0.15, 0.2) is 0 Å². The maximum absolute atomic E-state index is 13.0. The van der Waals surface area contributed by atoms with Crippen LogP contribution in [-0.2, 0) is 28.8 Å². The summed E-state index contributed by atoms with van der Waals surface area (Å²) in [4.78, 5) is 71.2. The predicted octanol–water partition coefficient (Wildman–Crippen LogP) is 0.101. The highest BCUT2D eigenvalue weighted by atomic mass is 79.9. The predicted molar refractivity (Wildman–Crippen MR) is 170 cm³/mol. The maximum Gasteiger partial charge on any atom is 0.243 e. The van der Waals surface area contributed by atoms with Crippen molar-refractivity contribution >= 4 is 83.6 Å². The molecule has 0 spiro atoms. The van der Waals surface area contributed by atoms with E-state index in [9.17, 15) is 28.8 Å². The first-order valence-electron chi connectivity index (χ1n) is 13.6. The molecule has 0 aliphatic heterocycles. The van der Waals surface area contributed by atoms with Gasteiger partial charge in [0.2, 0.25) is 29.5 Å². The third-order valence-electron chi connectivity index (χ3n) is 5.60. The minimum absolute atomic E-state index is 0.118. The molecule has 238 valence electrons. The first-order chi connectivity index (χ1) is 19.7. The second kappa shape index (κ2) is 28.5. The number of nitrogens with two attached hydrogens (primary N) is 2. The highest BCUT2D eigenvalue weighted by molar-refractivity contribution is 9.09. The zero-order valence-corrected chi connectivity index (χ0v) is 28.4. The lowest BCUT2D eigenvalue weighted by molar-refractivity contribution is -0.131. The fourth-order valence-electron chi connectivity index (χ4n) is 3.41. The average Bonchev–Trinajstić information content (AvgIpc) is 2.99. The van der Waals surface area contributed by atoms with Crippen molar-refractivity contribution in [1.29, 1.82) is 0 Å². The van der Waals surface area contributed by atoms with E-state index in [-0.39, 0.29) is 33.7 Å². The summed E-state index contributed by atoms with van der Waals surface area (Å²) in [6.45, 7) is 1.38. The van der Waals surface area contributed by atoms with Crippen LogP contribution in [0, 0.1) is 0 Å². The van der Waals surface area contributed by atoms with Crippen molar-refractivity contribution in [3.8, 4) is 0 Å². The van der Waals surface area contributed by atoms with E-state index in [0.29, 0.717) is 83.7 Å². The van der Waals surface area contributed by atoms with Crippen LogP contribution in [0.3, 0.4) is 0 Å². The summed E-state index contributed by atoms with van der Waals surface area (Å²) in [5, 5.41) is 14.2. The van der Waals surface area contributed by atoms with Crippen molar-refractivity contribution in [2.24, 2.45) is 11.5 Å². The molecule has 13 nitrogen and oxygen atoms in total. The Kier molecular flexibility index (Phi) is 28.9. The van der Waals surface area contributed by atoms with E-state index in [2.05, 4.69) is 80.1 Å². The average molecular weight is 780 g/mol. The Hall–Kier alpha value is -1.62. The zero-order chi connectivity index (χ0) is 31.5. The molecule has 9 N–H and O–H groups in total. The Morgan fingerprint density at radius 2 is 1.05 bits per heavy atom. The van der Waals surface area contributed by atoms with Crippen LogP contribution < -0.4 is 38.1 Å². The third-order valence-corrected chi connectivity index (χ3v) is 7.12. The number of unbranched alkanes of at least 4 members (excludes halogenated alkanes) is 3. The number of alkyl halides is 3. The van der Waals surface area contributed by atoms with Crippen LogP contribution in [-0.4, -0.2) is 96.6 Å². The Bertz CT molecular complexity index is 780. The minimum Gasteiger partial charge on any atom is -0.355 e. The van der Waals surface area contributed by atoms with Crippen molar-refractivity contribution in [2.45, 2.75) is 75.9 Å². The molecule has 3 atom stereocenters. The largest absolute Gasteiger partial charge is 0.355 e. The van der Waals surface area contributed by atoms with Gasteiger partial charge in [-0.05, 0) is 64.8 Å². The standard InChI is InChI=1S/C24H41Br3N6O6.CH5N/c25-13-20(35)29-10-4-1-7-17(16-34)32-24(39)19(9-3-6-12-31-22(37)15-27)33-23(38)18(28)8-2-5-11-30-21(36)14-26;1-2/h16-19H,1-15,28H2,(H,29,35)(H,30,36)(H,31,37)(H,32,39)(H,33,38);2H2,1H3. The molecule has 0 bridgehead atoms. The number of nitrogens with one attached hydrogen (secondary N) is 5. The van der Waals surface area contributed by atoms with Crippen LogP contribution in [0.25, 0.3) is 0 Å². The van der Waals surface area contributed by atoms with E-state index < -0.39 is 29.9 Å². The summed E-state index contributed by atoms with van der Waals surface area (Å²) in [5.41, 5.74) is 10.5. The van der Waals surface area contributed by atoms with E-state index in [1.165, 1.54) is 7.05 Å². The topological polar surface area (TPSA) is 215 Å². The van der Waals surface area contributed by atoms with Gasteiger partial charge in [-0.15, -0.1) is 0 Å². The van der Waals surface area contributed by atoms with Gasteiger partial charge in [0.25, 0.3) is 0 Å². The van der Waals surface area contributed by atoms with Gasteiger partial charge in [-0.25, -0.2) is 0 Å². The monoisotopic (exact) mass is 777 g/mol. The fraction of sp³-hybridized carbons (Fsp3) is 0.760. The molecule has 0 aromatic rings.